The predicted octanol–water partition coefficient (Wildman–Crippen LogP) is 4.01. The largest absolute Gasteiger partial charge is 0.357 e. The molecule has 0 saturated carbocycles. The van der Waals surface area contributed by atoms with E-state index in [1.165, 1.54) is 0 Å². The Morgan fingerprint density at radius 1 is 1.35 bits per heavy atom. The second-order valence-corrected chi connectivity index (χ2v) is 5.32. The lowest BCUT2D eigenvalue weighted by molar-refractivity contribution is 0.453. The SMILES string of the molecule is CC1=NCCN1CC(Cl)c1c(Cl)cccc1Cl. The Bertz CT molecular complexity index is 425. The van der Waals surface area contributed by atoms with E-state index in [-0.39, 0.29) is 5.38 Å². The maximum absolute atomic E-state index is 6.40. The zero-order valence-electron chi connectivity index (χ0n) is 9.46. The summed E-state index contributed by atoms with van der Waals surface area (Å²) in [5.74, 6) is 1.03. The van der Waals surface area contributed by atoms with Crippen molar-refractivity contribution in [3.8, 4) is 0 Å². The molecular formula is C12H13Cl3N2. The highest BCUT2D eigenvalue weighted by molar-refractivity contribution is 6.37. The minimum atomic E-state index is -0.223. The third-order valence-corrected chi connectivity index (χ3v) is 3.88. The Labute approximate surface area is 116 Å². The molecule has 1 heterocycles. The van der Waals surface area contributed by atoms with Gasteiger partial charge in [-0.05, 0) is 19.1 Å². The highest BCUT2D eigenvalue weighted by Crippen LogP contribution is 2.34. The zero-order valence-corrected chi connectivity index (χ0v) is 11.7. The highest BCUT2D eigenvalue weighted by Gasteiger charge is 2.21. The maximum atomic E-state index is 6.40. The predicted molar refractivity (Wildman–Crippen MR) is 74.6 cm³/mol. The first-order valence-electron chi connectivity index (χ1n) is 5.43. The summed E-state index contributed by atoms with van der Waals surface area (Å²) in [6.07, 6.45) is 0. The van der Waals surface area contributed by atoms with E-state index in [1.807, 2.05) is 25.1 Å². The first kappa shape index (κ1) is 13.0. The lowest BCUT2D eigenvalue weighted by Crippen LogP contribution is -2.29. The average molecular weight is 292 g/mol. The van der Waals surface area contributed by atoms with Crippen LogP contribution in [0.2, 0.25) is 10.0 Å². The minimum Gasteiger partial charge on any atom is -0.357 e. The topological polar surface area (TPSA) is 15.6 Å². The molecule has 1 aliphatic rings. The second kappa shape index (κ2) is 5.47. The summed E-state index contributed by atoms with van der Waals surface area (Å²) in [4.78, 5) is 6.48. The van der Waals surface area contributed by atoms with Gasteiger partial charge in [0.2, 0.25) is 0 Å². The molecule has 1 aromatic carbocycles. The highest BCUT2D eigenvalue weighted by atomic mass is 35.5. The van der Waals surface area contributed by atoms with E-state index >= 15 is 0 Å². The van der Waals surface area contributed by atoms with Gasteiger partial charge in [-0.2, -0.15) is 0 Å². The van der Waals surface area contributed by atoms with E-state index in [9.17, 15) is 0 Å². The zero-order chi connectivity index (χ0) is 12.4. The van der Waals surface area contributed by atoms with Crippen molar-refractivity contribution in [3.05, 3.63) is 33.8 Å². The number of hydrogen-bond donors (Lipinski definition) is 0. The Morgan fingerprint density at radius 3 is 2.53 bits per heavy atom. The number of rotatable bonds is 3. The molecule has 5 heteroatoms. The van der Waals surface area contributed by atoms with Gasteiger partial charge in [0.25, 0.3) is 0 Å². The van der Waals surface area contributed by atoms with Crippen LogP contribution >= 0.6 is 34.8 Å². The fraction of sp³-hybridized carbons (Fsp3) is 0.417. The number of hydrogen-bond acceptors (Lipinski definition) is 2. The van der Waals surface area contributed by atoms with E-state index in [1.54, 1.807) is 0 Å². The third-order valence-electron chi connectivity index (χ3n) is 2.86. The number of amidine groups is 1. The van der Waals surface area contributed by atoms with Crippen LogP contribution in [0.15, 0.2) is 23.2 Å². The van der Waals surface area contributed by atoms with Gasteiger partial charge in [0.05, 0.1) is 17.8 Å². The molecule has 1 atom stereocenters. The van der Waals surface area contributed by atoms with Crippen LogP contribution in [-0.4, -0.2) is 30.4 Å². The Balaban J connectivity index is 2.14. The van der Waals surface area contributed by atoms with Crippen LogP contribution in [0.3, 0.4) is 0 Å². The molecule has 2 rings (SSSR count). The summed E-state index contributed by atoms with van der Waals surface area (Å²) in [5, 5.41) is 1.01. The summed E-state index contributed by atoms with van der Waals surface area (Å²) in [7, 11) is 0. The van der Waals surface area contributed by atoms with Crippen molar-refractivity contribution < 1.29 is 0 Å². The second-order valence-electron chi connectivity index (χ2n) is 3.98. The number of nitrogens with zero attached hydrogens (tertiary/aromatic N) is 2. The van der Waals surface area contributed by atoms with Crippen LogP contribution in [0.1, 0.15) is 17.9 Å². The molecule has 1 unspecified atom stereocenters. The summed E-state index contributed by atoms with van der Waals surface area (Å²) in [5.41, 5.74) is 0.803. The quantitative estimate of drug-likeness (QED) is 0.768. The first-order chi connectivity index (χ1) is 8.09. The monoisotopic (exact) mass is 290 g/mol. The van der Waals surface area contributed by atoms with Crippen LogP contribution in [0.5, 0.6) is 0 Å². The van der Waals surface area contributed by atoms with E-state index < -0.39 is 0 Å². The van der Waals surface area contributed by atoms with Gasteiger partial charge < -0.3 is 4.90 Å². The van der Waals surface area contributed by atoms with E-state index in [0.29, 0.717) is 16.6 Å². The van der Waals surface area contributed by atoms with Gasteiger partial charge in [-0.1, -0.05) is 29.3 Å². The van der Waals surface area contributed by atoms with E-state index in [2.05, 4.69) is 9.89 Å². The van der Waals surface area contributed by atoms with Crippen molar-refractivity contribution >= 4 is 40.6 Å². The Kier molecular flexibility index (Phi) is 4.18. The summed E-state index contributed by atoms with van der Waals surface area (Å²) >= 11 is 18.7. The Hall–Kier alpha value is -0.440. The number of benzene rings is 1. The fourth-order valence-electron chi connectivity index (χ4n) is 1.91. The van der Waals surface area contributed by atoms with E-state index in [4.69, 9.17) is 34.8 Å². The maximum Gasteiger partial charge on any atom is 0.0959 e. The smallest absolute Gasteiger partial charge is 0.0959 e. The van der Waals surface area contributed by atoms with Crippen molar-refractivity contribution in [3.63, 3.8) is 0 Å². The van der Waals surface area contributed by atoms with Gasteiger partial charge in [0.1, 0.15) is 0 Å². The molecule has 0 amide bonds. The molecule has 0 fully saturated rings. The number of halogens is 3. The molecule has 1 aliphatic heterocycles. The molecule has 1 aromatic rings. The average Bonchev–Trinajstić information content (AvgIpc) is 2.64. The standard InChI is InChI=1S/C12H13Cl3N2/c1-8-16-5-6-17(8)7-11(15)12-9(13)3-2-4-10(12)14/h2-4,11H,5-7H2,1H3. The fourth-order valence-corrected chi connectivity index (χ4v) is 3.09. The minimum absolute atomic E-state index is 0.223. The van der Waals surface area contributed by atoms with Crippen molar-refractivity contribution in [2.75, 3.05) is 19.6 Å². The molecule has 0 aromatic heterocycles. The lowest BCUT2D eigenvalue weighted by atomic mass is 10.1. The third kappa shape index (κ3) is 2.87. The van der Waals surface area contributed by atoms with Gasteiger partial charge in [0, 0.05) is 28.7 Å². The molecule has 0 N–H and O–H groups in total. The lowest BCUT2D eigenvalue weighted by Gasteiger charge is -2.22. The van der Waals surface area contributed by atoms with Crippen molar-refractivity contribution in [2.24, 2.45) is 4.99 Å². The van der Waals surface area contributed by atoms with Gasteiger partial charge in [-0.15, -0.1) is 11.6 Å². The molecule has 0 radical (unpaired) electrons. The van der Waals surface area contributed by atoms with Crippen LogP contribution < -0.4 is 0 Å². The van der Waals surface area contributed by atoms with Gasteiger partial charge in [0.15, 0.2) is 0 Å². The van der Waals surface area contributed by atoms with Crippen LogP contribution in [0.25, 0.3) is 0 Å². The number of aliphatic imine (C=N–C) groups is 1. The molecule has 17 heavy (non-hydrogen) atoms. The Morgan fingerprint density at radius 2 is 2.00 bits per heavy atom. The van der Waals surface area contributed by atoms with Gasteiger partial charge >= 0.3 is 0 Å². The van der Waals surface area contributed by atoms with Crippen LogP contribution in [0, 0.1) is 0 Å². The van der Waals surface area contributed by atoms with Crippen molar-refractivity contribution in [1.82, 2.24) is 4.90 Å². The molecule has 0 saturated heterocycles. The number of alkyl halides is 1. The van der Waals surface area contributed by atoms with Gasteiger partial charge in [-0.3, -0.25) is 4.99 Å². The molecule has 0 spiro atoms. The summed E-state index contributed by atoms with van der Waals surface area (Å²) in [6, 6.07) is 5.44. The summed E-state index contributed by atoms with van der Waals surface area (Å²) in [6.45, 7) is 4.42. The van der Waals surface area contributed by atoms with E-state index in [0.717, 1.165) is 24.5 Å². The molecule has 0 aliphatic carbocycles. The summed E-state index contributed by atoms with van der Waals surface area (Å²) < 4.78 is 0. The van der Waals surface area contributed by atoms with Crippen LogP contribution in [0.4, 0.5) is 0 Å². The van der Waals surface area contributed by atoms with Gasteiger partial charge in [-0.25, -0.2) is 0 Å². The normalized spacial score (nSPS) is 17.2. The van der Waals surface area contributed by atoms with Crippen molar-refractivity contribution in [1.29, 1.82) is 0 Å². The molecule has 92 valence electrons. The van der Waals surface area contributed by atoms with Crippen LogP contribution in [-0.2, 0) is 0 Å². The van der Waals surface area contributed by atoms with Crippen molar-refractivity contribution in [2.45, 2.75) is 12.3 Å². The first-order valence-corrected chi connectivity index (χ1v) is 6.63. The molecule has 0 bridgehead atoms. The molecule has 2 nitrogen and oxygen atoms in total. The molecular weight excluding hydrogens is 279 g/mol.